The largest absolute Gasteiger partial charge is 0.361 e. The summed E-state index contributed by atoms with van der Waals surface area (Å²) in [5, 5.41) is 4.05. The molecule has 5 nitrogen and oxygen atoms in total. The molecule has 5 rings (SSSR count). The number of aromatic nitrogens is 3. The van der Waals surface area contributed by atoms with E-state index in [-0.39, 0.29) is 0 Å². The van der Waals surface area contributed by atoms with Gasteiger partial charge in [0.1, 0.15) is 11.6 Å². The number of H-pyrrole nitrogens is 1. The van der Waals surface area contributed by atoms with Crippen LogP contribution < -0.4 is 0 Å². The first-order valence-electron chi connectivity index (χ1n) is 10.8. The lowest BCUT2D eigenvalue weighted by atomic mass is 10.0. The van der Waals surface area contributed by atoms with Crippen molar-refractivity contribution in [1.29, 1.82) is 0 Å². The van der Waals surface area contributed by atoms with E-state index < -0.39 is 10.8 Å². The number of benzene rings is 2. The van der Waals surface area contributed by atoms with E-state index in [0.29, 0.717) is 0 Å². The third kappa shape index (κ3) is 5.31. The van der Waals surface area contributed by atoms with Crippen molar-refractivity contribution in [2.24, 2.45) is 0 Å². The number of rotatable bonds is 4. The van der Waals surface area contributed by atoms with Gasteiger partial charge >= 0.3 is 0 Å². The highest BCUT2D eigenvalue weighted by Crippen LogP contribution is 2.29. The quantitative estimate of drug-likeness (QED) is 0.462. The first kappa shape index (κ1) is 21.5. The lowest BCUT2D eigenvalue weighted by molar-refractivity contribution is 0.393. The predicted octanol–water partition coefficient (Wildman–Crippen LogP) is 5.46. The molecular weight excluding hydrogens is 406 g/mol. The van der Waals surface area contributed by atoms with Crippen LogP contribution in [0.4, 0.5) is 0 Å². The predicted molar refractivity (Wildman–Crippen MR) is 127 cm³/mol. The second-order valence-electron chi connectivity index (χ2n) is 8.16. The van der Waals surface area contributed by atoms with Gasteiger partial charge in [-0.2, -0.15) is 0 Å². The van der Waals surface area contributed by atoms with Crippen molar-refractivity contribution in [2.45, 2.75) is 46.5 Å². The molecule has 0 atom stereocenters. The van der Waals surface area contributed by atoms with Gasteiger partial charge in [0.2, 0.25) is 0 Å². The highest BCUT2D eigenvalue weighted by Gasteiger charge is 2.13. The van der Waals surface area contributed by atoms with E-state index in [9.17, 15) is 4.21 Å². The number of fused-ring (bicyclic) bond motifs is 1. The molecule has 31 heavy (non-hydrogen) atoms. The Morgan fingerprint density at radius 3 is 2.35 bits per heavy atom. The first-order valence-corrected chi connectivity index (χ1v) is 12.3. The minimum atomic E-state index is -0.423. The Morgan fingerprint density at radius 2 is 1.74 bits per heavy atom. The molecule has 4 aromatic rings. The second-order valence-corrected chi connectivity index (χ2v) is 9.85. The summed E-state index contributed by atoms with van der Waals surface area (Å²) >= 11 is 0. The van der Waals surface area contributed by atoms with Crippen LogP contribution in [0.15, 0.2) is 47.0 Å². The van der Waals surface area contributed by atoms with Gasteiger partial charge in [-0.25, -0.2) is 4.98 Å². The van der Waals surface area contributed by atoms with E-state index in [1.54, 1.807) is 0 Å². The van der Waals surface area contributed by atoms with E-state index in [1.165, 1.54) is 24.0 Å². The van der Waals surface area contributed by atoms with E-state index in [0.717, 1.165) is 63.8 Å². The number of aryl methyl sites for hydroxylation is 5. The molecule has 0 spiro atoms. The molecule has 6 heteroatoms. The molecule has 1 fully saturated rings. The van der Waals surface area contributed by atoms with Gasteiger partial charge in [0.05, 0.1) is 16.7 Å². The van der Waals surface area contributed by atoms with Crippen molar-refractivity contribution < 1.29 is 8.73 Å². The Morgan fingerprint density at radius 1 is 1.00 bits per heavy atom. The van der Waals surface area contributed by atoms with E-state index in [4.69, 9.17) is 9.51 Å². The molecule has 162 valence electrons. The zero-order valence-corrected chi connectivity index (χ0v) is 19.2. The lowest BCUT2D eigenvalue weighted by Gasteiger charge is -2.00. The van der Waals surface area contributed by atoms with Gasteiger partial charge in [0, 0.05) is 34.3 Å². The third-order valence-electron chi connectivity index (χ3n) is 5.62. The Balaban J connectivity index is 0.000000334. The summed E-state index contributed by atoms with van der Waals surface area (Å²) in [6, 6.07) is 15.0. The third-order valence-corrected chi connectivity index (χ3v) is 7.11. The summed E-state index contributed by atoms with van der Waals surface area (Å²) < 4.78 is 15.6. The summed E-state index contributed by atoms with van der Waals surface area (Å²) in [5.41, 5.74) is 7.76. The molecule has 2 aromatic heterocycles. The molecule has 0 radical (unpaired) electrons. The number of aromatic amines is 1. The fourth-order valence-electron chi connectivity index (χ4n) is 3.88. The van der Waals surface area contributed by atoms with E-state index in [2.05, 4.69) is 59.5 Å². The molecular formula is C25H29N3O2S. The molecule has 1 saturated heterocycles. The van der Waals surface area contributed by atoms with Crippen LogP contribution in [-0.2, 0) is 23.6 Å². The Kier molecular flexibility index (Phi) is 6.66. The molecule has 1 aliphatic heterocycles. The van der Waals surface area contributed by atoms with Crippen LogP contribution in [0.1, 0.15) is 41.2 Å². The van der Waals surface area contributed by atoms with Gasteiger partial charge in [-0.05, 0) is 63.3 Å². The van der Waals surface area contributed by atoms with Crippen molar-refractivity contribution in [3.63, 3.8) is 0 Å². The molecule has 0 unspecified atom stereocenters. The van der Waals surface area contributed by atoms with Crippen LogP contribution in [0, 0.1) is 20.8 Å². The summed E-state index contributed by atoms with van der Waals surface area (Å²) in [7, 11) is -0.423. The minimum Gasteiger partial charge on any atom is -0.361 e. The van der Waals surface area contributed by atoms with Crippen molar-refractivity contribution in [3.05, 3.63) is 70.9 Å². The van der Waals surface area contributed by atoms with Crippen LogP contribution in [0.2, 0.25) is 0 Å². The summed E-state index contributed by atoms with van der Waals surface area (Å²) in [6.45, 7) is 6.02. The van der Waals surface area contributed by atoms with Crippen molar-refractivity contribution in [2.75, 3.05) is 11.5 Å². The number of hydrogen-bond donors (Lipinski definition) is 1. The summed E-state index contributed by atoms with van der Waals surface area (Å²) in [6.07, 6.45) is 4.26. The van der Waals surface area contributed by atoms with Crippen LogP contribution in [0.3, 0.4) is 0 Å². The lowest BCUT2D eigenvalue weighted by Crippen LogP contribution is -1.93. The van der Waals surface area contributed by atoms with E-state index >= 15 is 0 Å². The number of nitrogens with zero attached hydrogens (tertiary/aromatic N) is 2. The summed E-state index contributed by atoms with van der Waals surface area (Å²) in [4.78, 5) is 8.17. The average molecular weight is 436 g/mol. The Bertz CT molecular complexity index is 1160. The maximum atomic E-state index is 10.4. The van der Waals surface area contributed by atoms with Crippen molar-refractivity contribution in [1.82, 2.24) is 15.1 Å². The summed E-state index contributed by atoms with van der Waals surface area (Å²) in [5.74, 6) is 3.78. The van der Waals surface area contributed by atoms with Crippen molar-refractivity contribution >= 4 is 21.8 Å². The topological polar surface area (TPSA) is 71.8 Å². The molecule has 0 aliphatic carbocycles. The Labute approximate surface area is 185 Å². The average Bonchev–Trinajstić information content (AvgIpc) is 3.48. The molecule has 1 aliphatic rings. The fourth-order valence-corrected chi connectivity index (χ4v) is 5.13. The van der Waals surface area contributed by atoms with Crippen LogP contribution in [0.5, 0.6) is 0 Å². The SMILES string of the molecule is Cc1ccc(CCc2nc3ccc(-c4c(C)noc4C)cc3[nH]2)cc1.O=S1CCCC1. The zero-order valence-electron chi connectivity index (χ0n) is 18.4. The standard InChI is InChI=1S/C21H21N3O.C4H8OS/c1-13-4-6-16(7-5-13)8-11-20-22-18-10-9-17(12-19(18)23-20)21-14(2)24-25-15(21)3;5-6-3-1-2-4-6/h4-7,9-10,12H,8,11H2,1-3H3,(H,22,23);1-4H2. The first-order chi connectivity index (χ1) is 15.0. The van der Waals surface area contributed by atoms with Crippen LogP contribution >= 0.6 is 0 Å². The van der Waals surface area contributed by atoms with Crippen LogP contribution in [0.25, 0.3) is 22.2 Å². The maximum Gasteiger partial charge on any atom is 0.141 e. The van der Waals surface area contributed by atoms with Gasteiger partial charge in [-0.1, -0.05) is 41.1 Å². The van der Waals surface area contributed by atoms with Crippen molar-refractivity contribution in [3.8, 4) is 11.1 Å². The molecule has 1 N–H and O–H groups in total. The van der Waals surface area contributed by atoms with Gasteiger partial charge < -0.3 is 9.51 Å². The second kappa shape index (κ2) is 9.60. The molecule has 0 bridgehead atoms. The normalized spacial score (nSPS) is 14.0. The molecule has 0 saturated carbocycles. The number of hydrogen-bond acceptors (Lipinski definition) is 4. The van der Waals surface area contributed by atoms with Gasteiger partial charge in [0.25, 0.3) is 0 Å². The minimum absolute atomic E-state index is 0.423. The van der Waals surface area contributed by atoms with Gasteiger partial charge in [-0.3, -0.25) is 4.21 Å². The smallest absolute Gasteiger partial charge is 0.141 e. The maximum absolute atomic E-state index is 10.4. The molecule has 3 heterocycles. The van der Waals surface area contributed by atoms with Gasteiger partial charge in [0.15, 0.2) is 0 Å². The highest BCUT2D eigenvalue weighted by molar-refractivity contribution is 7.85. The number of nitrogens with one attached hydrogen (secondary N) is 1. The monoisotopic (exact) mass is 435 g/mol. The number of imidazole rings is 1. The highest BCUT2D eigenvalue weighted by atomic mass is 32.2. The van der Waals surface area contributed by atoms with Gasteiger partial charge in [-0.15, -0.1) is 0 Å². The fraction of sp³-hybridized carbons (Fsp3) is 0.360. The molecule has 0 amide bonds. The van der Waals surface area contributed by atoms with Crippen LogP contribution in [-0.4, -0.2) is 30.8 Å². The zero-order chi connectivity index (χ0) is 21.8. The van der Waals surface area contributed by atoms with E-state index in [1.807, 2.05) is 13.8 Å². The Hall–Kier alpha value is -2.73. The molecule has 2 aromatic carbocycles.